The van der Waals surface area contributed by atoms with Gasteiger partial charge in [0.25, 0.3) is 0 Å². The van der Waals surface area contributed by atoms with Crippen molar-refractivity contribution < 1.29 is 4.79 Å². The third kappa shape index (κ3) is 4.56. The number of amides is 1. The van der Waals surface area contributed by atoms with Crippen molar-refractivity contribution in [1.29, 1.82) is 0 Å². The Bertz CT molecular complexity index is 541. The molecule has 0 aliphatic carbocycles. The van der Waals surface area contributed by atoms with Crippen LogP contribution in [0.25, 0.3) is 0 Å². The van der Waals surface area contributed by atoms with E-state index in [2.05, 4.69) is 17.6 Å². The number of carbonyl (C=O) groups is 1. The number of piperidine rings is 1. The number of aryl methyl sites for hydroxylation is 1. The van der Waals surface area contributed by atoms with E-state index in [0.29, 0.717) is 18.9 Å². The molecule has 1 saturated heterocycles. The number of rotatable bonds is 4. The van der Waals surface area contributed by atoms with E-state index >= 15 is 0 Å². The van der Waals surface area contributed by atoms with Gasteiger partial charge in [-0.2, -0.15) is 0 Å². The van der Waals surface area contributed by atoms with E-state index in [9.17, 15) is 9.59 Å². The molecule has 0 bridgehead atoms. The van der Waals surface area contributed by atoms with Crippen LogP contribution in [-0.2, 0) is 11.3 Å². The number of nitrogens with zero attached hydrogens (tertiary/aromatic N) is 1. The first-order valence-electron chi connectivity index (χ1n) is 7.16. The van der Waals surface area contributed by atoms with Crippen LogP contribution >= 0.6 is 23.7 Å². The molecule has 1 aromatic heterocycles. The number of carbonyl (C=O) groups excluding carboxylic acids is 1. The van der Waals surface area contributed by atoms with Crippen LogP contribution in [0.4, 0.5) is 0 Å². The maximum atomic E-state index is 12.0. The van der Waals surface area contributed by atoms with Crippen molar-refractivity contribution in [2.24, 2.45) is 5.92 Å². The van der Waals surface area contributed by atoms with Crippen LogP contribution in [0.3, 0.4) is 0 Å². The molecule has 2 unspecified atom stereocenters. The number of hydrogen-bond donors (Lipinski definition) is 2. The summed E-state index contributed by atoms with van der Waals surface area (Å²) < 4.78 is 1.70. The summed E-state index contributed by atoms with van der Waals surface area (Å²) in [5.74, 6) is 0.536. The lowest BCUT2D eigenvalue weighted by atomic mass is 9.95. The molecule has 21 heavy (non-hydrogen) atoms. The molecule has 0 aromatic carbocycles. The summed E-state index contributed by atoms with van der Waals surface area (Å²) in [4.78, 5) is 24.8. The van der Waals surface area contributed by atoms with Crippen LogP contribution in [0.2, 0.25) is 0 Å². The molecule has 2 atom stereocenters. The van der Waals surface area contributed by atoms with Gasteiger partial charge in [-0.15, -0.1) is 12.4 Å². The average Bonchev–Trinajstić information content (AvgIpc) is 2.64. The number of halogens is 1. The van der Waals surface area contributed by atoms with Crippen molar-refractivity contribution in [3.8, 4) is 0 Å². The van der Waals surface area contributed by atoms with Crippen molar-refractivity contribution in [2.45, 2.75) is 46.2 Å². The molecule has 1 amide bonds. The molecule has 1 aliphatic rings. The lowest BCUT2D eigenvalue weighted by molar-refractivity contribution is -0.122. The van der Waals surface area contributed by atoms with Crippen LogP contribution in [0.15, 0.2) is 4.79 Å². The Morgan fingerprint density at radius 1 is 1.48 bits per heavy atom. The first-order valence-corrected chi connectivity index (χ1v) is 7.97. The zero-order valence-electron chi connectivity index (χ0n) is 12.8. The third-order valence-corrected chi connectivity index (χ3v) is 5.11. The predicted octanol–water partition coefficient (Wildman–Crippen LogP) is 1.45. The Morgan fingerprint density at radius 3 is 2.76 bits per heavy atom. The first-order chi connectivity index (χ1) is 9.49. The number of aromatic nitrogens is 1. The zero-order chi connectivity index (χ0) is 14.7. The Kier molecular flexibility index (Phi) is 6.90. The smallest absolute Gasteiger partial charge is 0.307 e. The molecule has 120 valence electrons. The highest BCUT2D eigenvalue weighted by Crippen LogP contribution is 2.12. The highest BCUT2D eigenvalue weighted by Gasteiger charge is 2.22. The average molecular weight is 334 g/mol. The monoisotopic (exact) mass is 333 g/mol. The van der Waals surface area contributed by atoms with Crippen molar-refractivity contribution in [3.63, 3.8) is 0 Å². The molecule has 1 aliphatic heterocycles. The molecule has 0 spiro atoms. The van der Waals surface area contributed by atoms with Crippen molar-refractivity contribution in [3.05, 3.63) is 20.2 Å². The summed E-state index contributed by atoms with van der Waals surface area (Å²) in [6.45, 7) is 8.36. The predicted molar refractivity (Wildman–Crippen MR) is 88.5 cm³/mol. The van der Waals surface area contributed by atoms with Crippen LogP contribution in [-0.4, -0.2) is 29.6 Å². The van der Waals surface area contributed by atoms with Gasteiger partial charge >= 0.3 is 4.87 Å². The summed E-state index contributed by atoms with van der Waals surface area (Å²) in [6, 6.07) is 0.207. The normalized spacial score (nSPS) is 21.7. The Balaban J connectivity index is 0.00000220. The van der Waals surface area contributed by atoms with Gasteiger partial charge in [-0.05, 0) is 32.7 Å². The minimum Gasteiger partial charge on any atom is -0.352 e. The minimum atomic E-state index is 0. The maximum absolute atomic E-state index is 12.0. The number of thiazole rings is 1. The highest BCUT2D eigenvalue weighted by atomic mass is 35.5. The summed E-state index contributed by atoms with van der Waals surface area (Å²) in [6.07, 6.45) is 1.45. The number of hydrogen-bond acceptors (Lipinski definition) is 4. The second-order valence-electron chi connectivity index (χ2n) is 5.56. The molecule has 7 heteroatoms. The maximum Gasteiger partial charge on any atom is 0.307 e. The van der Waals surface area contributed by atoms with E-state index in [1.807, 2.05) is 13.8 Å². The Labute approximate surface area is 135 Å². The molecule has 2 rings (SSSR count). The van der Waals surface area contributed by atoms with Gasteiger partial charge < -0.3 is 15.2 Å². The van der Waals surface area contributed by atoms with E-state index in [-0.39, 0.29) is 29.2 Å². The SMILES string of the molecule is Cc1sc(=O)n(CCC(=O)NC2CNCCC2C)c1C.Cl. The molecule has 2 N–H and O–H groups in total. The first kappa shape index (κ1) is 18.2. The standard InChI is InChI=1S/C14H23N3O2S.ClH/c1-9-4-6-15-8-12(9)16-13(18)5-7-17-10(2)11(3)20-14(17)19;/h9,12,15H,4-8H2,1-3H3,(H,16,18);1H. The summed E-state index contributed by atoms with van der Waals surface area (Å²) in [5.41, 5.74) is 0.973. The van der Waals surface area contributed by atoms with Gasteiger partial charge in [-0.25, -0.2) is 0 Å². The molecule has 1 fully saturated rings. The fourth-order valence-corrected chi connectivity index (χ4v) is 3.38. The summed E-state index contributed by atoms with van der Waals surface area (Å²) in [5, 5.41) is 6.37. The van der Waals surface area contributed by atoms with E-state index < -0.39 is 0 Å². The summed E-state index contributed by atoms with van der Waals surface area (Å²) in [7, 11) is 0. The highest BCUT2D eigenvalue weighted by molar-refractivity contribution is 7.09. The van der Waals surface area contributed by atoms with Gasteiger partial charge in [0, 0.05) is 36.1 Å². The van der Waals surface area contributed by atoms with Gasteiger partial charge in [-0.1, -0.05) is 18.3 Å². The van der Waals surface area contributed by atoms with Crippen LogP contribution in [0, 0.1) is 19.8 Å². The molecule has 2 heterocycles. The van der Waals surface area contributed by atoms with Crippen molar-refractivity contribution in [2.75, 3.05) is 13.1 Å². The fourth-order valence-electron chi connectivity index (χ4n) is 2.52. The molecule has 0 radical (unpaired) electrons. The van der Waals surface area contributed by atoms with Crippen LogP contribution in [0.5, 0.6) is 0 Å². The lowest BCUT2D eigenvalue weighted by Crippen LogP contribution is -2.50. The van der Waals surface area contributed by atoms with E-state index in [1.165, 1.54) is 11.3 Å². The Morgan fingerprint density at radius 2 is 2.19 bits per heavy atom. The van der Waals surface area contributed by atoms with Crippen molar-refractivity contribution in [1.82, 2.24) is 15.2 Å². The van der Waals surface area contributed by atoms with Gasteiger partial charge in [0.1, 0.15) is 0 Å². The quantitative estimate of drug-likeness (QED) is 0.876. The van der Waals surface area contributed by atoms with E-state index in [0.717, 1.165) is 30.1 Å². The topological polar surface area (TPSA) is 63.1 Å². The number of nitrogens with one attached hydrogen (secondary N) is 2. The molecule has 0 saturated carbocycles. The fraction of sp³-hybridized carbons (Fsp3) is 0.714. The zero-order valence-corrected chi connectivity index (χ0v) is 14.4. The van der Waals surface area contributed by atoms with Crippen molar-refractivity contribution >= 4 is 29.7 Å². The second-order valence-corrected chi connectivity index (χ2v) is 6.72. The molecular weight excluding hydrogens is 310 g/mol. The molecule has 5 nitrogen and oxygen atoms in total. The minimum absolute atomic E-state index is 0. The second kappa shape index (κ2) is 7.96. The van der Waals surface area contributed by atoms with Gasteiger partial charge in [0.05, 0.1) is 0 Å². The van der Waals surface area contributed by atoms with E-state index in [1.54, 1.807) is 4.57 Å². The molecule has 1 aromatic rings. The van der Waals surface area contributed by atoms with Crippen LogP contribution in [0.1, 0.15) is 30.3 Å². The third-order valence-electron chi connectivity index (χ3n) is 4.11. The largest absolute Gasteiger partial charge is 0.352 e. The van der Waals surface area contributed by atoms with Crippen LogP contribution < -0.4 is 15.5 Å². The van der Waals surface area contributed by atoms with Gasteiger partial charge in [0.2, 0.25) is 5.91 Å². The lowest BCUT2D eigenvalue weighted by Gasteiger charge is -2.30. The molecular formula is C14H24ClN3O2S. The van der Waals surface area contributed by atoms with Gasteiger partial charge in [-0.3, -0.25) is 9.59 Å². The summed E-state index contributed by atoms with van der Waals surface area (Å²) >= 11 is 1.25. The van der Waals surface area contributed by atoms with E-state index in [4.69, 9.17) is 0 Å². The Hall–Kier alpha value is -0.850. The van der Waals surface area contributed by atoms with Gasteiger partial charge in [0.15, 0.2) is 0 Å².